The largest absolute Gasteiger partial charge is 0.504 e. The molecular weight excluding hydrogens is 356 g/mol. The molecule has 3 N–H and O–H groups in total. The molecular formula is C19H20O8. The Bertz CT molecular complexity index is 959. The zero-order valence-corrected chi connectivity index (χ0v) is 15.5. The van der Waals surface area contributed by atoms with E-state index in [1.807, 2.05) is 0 Å². The number of methoxy groups -OCH3 is 1. The van der Waals surface area contributed by atoms with E-state index in [1.165, 1.54) is 14.0 Å². The van der Waals surface area contributed by atoms with Crippen LogP contribution in [0.3, 0.4) is 0 Å². The first-order chi connectivity index (χ1) is 12.4. The molecule has 2 heterocycles. The summed E-state index contributed by atoms with van der Waals surface area (Å²) in [5.41, 5.74) is -1.75. The molecule has 1 aliphatic carbocycles. The fourth-order valence-electron chi connectivity index (χ4n) is 4.07. The minimum Gasteiger partial charge on any atom is -0.504 e. The van der Waals surface area contributed by atoms with Gasteiger partial charge in [-0.1, -0.05) is 13.8 Å². The quantitative estimate of drug-likeness (QED) is 0.672. The Morgan fingerprint density at radius 2 is 1.81 bits per heavy atom. The zero-order chi connectivity index (χ0) is 20.1. The molecule has 0 aromatic heterocycles. The van der Waals surface area contributed by atoms with Gasteiger partial charge < -0.3 is 29.5 Å². The normalized spacial score (nSPS) is 33.1. The number of Topliss-reactive ketones (excluding diaryl/α,β-unsaturated/α-hetero) is 1. The molecule has 8 nitrogen and oxygen atoms in total. The van der Waals surface area contributed by atoms with Gasteiger partial charge in [-0.3, -0.25) is 9.59 Å². The number of carbonyl (C=O) groups excluding carboxylic acids is 2. The van der Waals surface area contributed by atoms with Crippen molar-refractivity contribution in [1.29, 1.82) is 0 Å². The lowest BCUT2D eigenvalue weighted by molar-refractivity contribution is -0.327. The summed E-state index contributed by atoms with van der Waals surface area (Å²) < 4.78 is 16.6. The number of rotatable bonds is 1. The van der Waals surface area contributed by atoms with Crippen molar-refractivity contribution in [3.05, 3.63) is 28.3 Å². The van der Waals surface area contributed by atoms with Crippen molar-refractivity contribution >= 4 is 11.6 Å². The number of hydrogen-bond acceptors (Lipinski definition) is 8. The average Bonchev–Trinajstić information content (AvgIpc) is 2.87. The van der Waals surface area contributed by atoms with Crippen LogP contribution < -0.4 is 9.47 Å². The molecule has 4 rings (SSSR count). The van der Waals surface area contributed by atoms with Crippen LogP contribution in [0, 0.1) is 5.41 Å². The molecule has 0 amide bonds. The number of carbonyl (C=O) groups is 2. The summed E-state index contributed by atoms with van der Waals surface area (Å²) in [5, 5.41) is 33.3. The Labute approximate surface area is 155 Å². The molecule has 3 aliphatic rings. The molecule has 27 heavy (non-hydrogen) atoms. The standard InChI is InChI=1S/C19H20O8/c1-7-6-9(20)10-11(13(7)21)12-15(16(25-5)14(10)22)27-19(24)17(3,4)8(2)26-18(12,19)23/h6,8,22-24H,1-5H3. The van der Waals surface area contributed by atoms with Gasteiger partial charge in [-0.15, -0.1) is 0 Å². The van der Waals surface area contributed by atoms with E-state index in [0.717, 1.165) is 6.08 Å². The van der Waals surface area contributed by atoms with Gasteiger partial charge in [0.05, 0.1) is 29.8 Å². The first kappa shape index (κ1) is 18.0. The van der Waals surface area contributed by atoms with Crippen molar-refractivity contribution in [2.75, 3.05) is 7.11 Å². The van der Waals surface area contributed by atoms with Gasteiger partial charge in [0.25, 0.3) is 11.6 Å². The summed E-state index contributed by atoms with van der Waals surface area (Å²) in [6.45, 7) is 6.38. The molecule has 1 aromatic rings. The highest BCUT2D eigenvalue weighted by Crippen LogP contribution is 2.66. The number of allylic oxidation sites excluding steroid dienone is 2. The van der Waals surface area contributed by atoms with Crippen LogP contribution in [0.5, 0.6) is 17.2 Å². The number of benzene rings is 1. The van der Waals surface area contributed by atoms with Crippen LogP contribution in [0.25, 0.3) is 0 Å². The summed E-state index contributed by atoms with van der Waals surface area (Å²) in [4.78, 5) is 25.4. The lowest BCUT2D eigenvalue weighted by Crippen LogP contribution is -2.56. The van der Waals surface area contributed by atoms with Crippen molar-refractivity contribution in [2.45, 2.75) is 45.4 Å². The molecule has 3 unspecified atom stereocenters. The second kappa shape index (κ2) is 4.89. The Morgan fingerprint density at radius 3 is 2.41 bits per heavy atom. The number of phenolic OH excluding ortho intramolecular Hbond substituents is 1. The van der Waals surface area contributed by atoms with Crippen molar-refractivity contribution in [3.8, 4) is 17.2 Å². The lowest BCUT2D eigenvalue weighted by Gasteiger charge is -2.37. The molecule has 3 atom stereocenters. The number of aliphatic hydroxyl groups is 2. The number of aromatic hydroxyl groups is 1. The van der Waals surface area contributed by atoms with Gasteiger partial charge in [-0.05, 0) is 19.9 Å². The van der Waals surface area contributed by atoms with Crippen LogP contribution in [0.4, 0.5) is 0 Å². The minimum atomic E-state index is -2.43. The van der Waals surface area contributed by atoms with Gasteiger partial charge in [0.1, 0.15) is 0 Å². The molecule has 1 fully saturated rings. The average molecular weight is 376 g/mol. The minimum absolute atomic E-state index is 0.128. The molecule has 0 saturated carbocycles. The van der Waals surface area contributed by atoms with Gasteiger partial charge in [0.15, 0.2) is 23.1 Å². The highest BCUT2D eigenvalue weighted by Gasteiger charge is 2.77. The first-order valence-electron chi connectivity index (χ1n) is 8.48. The van der Waals surface area contributed by atoms with E-state index in [0.29, 0.717) is 0 Å². The number of phenols is 1. The molecule has 0 spiro atoms. The summed E-state index contributed by atoms with van der Waals surface area (Å²) in [7, 11) is 1.23. The van der Waals surface area contributed by atoms with Crippen LogP contribution in [0.15, 0.2) is 11.6 Å². The maximum Gasteiger partial charge on any atom is 0.275 e. The number of ketones is 2. The summed E-state index contributed by atoms with van der Waals surface area (Å²) in [6, 6.07) is 0. The van der Waals surface area contributed by atoms with E-state index < -0.39 is 40.4 Å². The van der Waals surface area contributed by atoms with Gasteiger partial charge >= 0.3 is 0 Å². The SMILES string of the molecule is COc1c(O)c2c(c3c1OC1(O)C3(O)OC(C)C1(C)C)C(=O)C(C)=CC2=O. The van der Waals surface area contributed by atoms with Crippen LogP contribution in [-0.4, -0.2) is 45.9 Å². The Balaban J connectivity index is 2.15. The summed E-state index contributed by atoms with van der Waals surface area (Å²) in [6.07, 6.45) is 0.451. The molecule has 8 heteroatoms. The summed E-state index contributed by atoms with van der Waals surface area (Å²) in [5.74, 6) is -6.98. The second-order valence-corrected chi connectivity index (χ2v) is 7.73. The maximum absolute atomic E-state index is 12.9. The number of fused-ring (bicyclic) bond motifs is 5. The van der Waals surface area contributed by atoms with E-state index in [4.69, 9.17) is 14.2 Å². The highest BCUT2D eigenvalue weighted by molar-refractivity contribution is 6.26. The molecule has 1 aromatic carbocycles. The fraction of sp³-hybridized carbons (Fsp3) is 0.474. The van der Waals surface area contributed by atoms with Crippen molar-refractivity contribution < 1.29 is 39.1 Å². The van der Waals surface area contributed by atoms with E-state index >= 15 is 0 Å². The van der Waals surface area contributed by atoms with Gasteiger partial charge in [-0.25, -0.2) is 0 Å². The predicted molar refractivity (Wildman–Crippen MR) is 90.9 cm³/mol. The van der Waals surface area contributed by atoms with E-state index in [9.17, 15) is 24.9 Å². The third kappa shape index (κ3) is 1.73. The summed E-state index contributed by atoms with van der Waals surface area (Å²) >= 11 is 0. The fourth-order valence-corrected chi connectivity index (χ4v) is 4.07. The van der Waals surface area contributed by atoms with Gasteiger partial charge in [-0.2, -0.15) is 0 Å². The van der Waals surface area contributed by atoms with Crippen LogP contribution in [0.1, 0.15) is 54.0 Å². The van der Waals surface area contributed by atoms with Crippen LogP contribution in [-0.2, 0) is 10.5 Å². The monoisotopic (exact) mass is 376 g/mol. The molecule has 1 saturated heterocycles. The zero-order valence-electron chi connectivity index (χ0n) is 15.5. The molecule has 2 aliphatic heterocycles. The van der Waals surface area contributed by atoms with Crippen molar-refractivity contribution in [3.63, 3.8) is 0 Å². The second-order valence-electron chi connectivity index (χ2n) is 7.73. The third-order valence-electron chi connectivity index (χ3n) is 6.05. The van der Waals surface area contributed by atoms with Crippen LogP contribution in [0.2, 0.25) is 0 Å². The molecule has 0 bridgehead atoms. The van der Waals surface area contributed by atoms with Gasteiger partial charge in [0.2, 0.25) is 5.75 Å². The van der Waals surface area contributed by atoms with Crippen molar-refractivity contribution in [1.82, 2.24) is 0 Å². The van der Waals surface area contributed by atoms with E-state index in [1.54, 1.807) is 20.8 Å². The maximum atomic E-state index is 12.9. The van der Waals surface area contributed by atoms with E-state index in [2.05, 4.69) is 0 Å². The molecule has 0 radical (unpaired) electrons. The van der Waals surface area contributed by atoms with Crippen molar-refractivity contribution in [2.24, 2.45) is 5.41 Å². The van der Waals surface area contributed by atoms with Crippen LogP contribution >= 0.6 is 0 Å². The Morgan fingerprint density at radius 1 is 1.19 bits per heavy atom. The lowest BCUT2D eigenvalue weighted by atomic mass is 9.75. The molecule has 144 valence electrons. The highest BCUT2D eigenvalue weighted by atomic mass is 16.7. The number of ether oxygens (including phenoxy) is 3. The smallest absolute Gasteiger partial charge is 0.275 e. The number of hydrogen-bond donors (Lipinski definition) is 3. The first-order valence-corrected chi connectivity index (χ1v) is 8.48. The van der Waals surface area contributed by atoms with E-state index in [-0.39, 0.29) is 33.8 Å². The van der Waals surface area contributed by atoms with Gasteiger partial charge in [0, 0.05) is 11.1 Å². The predicted octanol–water partition coefficient (Wildman–Crippen LogP) is 1.40. The Kier molecular flexibility index (Phi) is 3.25. The Hall–Kier alpha value is -2.42. The topological polar surface area (TPSA) is 123 Å². The third-order valence-corrected chi connectivity index (χ3v) is 6.05.